The first kappa shape index (κ1) is 31.4. The molecule has 0 bridgehead atoms. The van der Waals surface area contributed by atoms with E-state index in [1.54, 1.807) is 6.92 Å². The zero-order valence-electron chi connectivity index (χ0n) is 22.7. The van der Waals surface area contributed by atoms with Crippen LogP contribution >= 0.6 is 0 Å². The maximum absolute atomic E-state index is 13.9. The second kappa shape index (κ2) is 11.3. The number of aliphatic hydroxyl groups excluding tert-OH is 1. The molecule has 14 heteroatoms. The lowest BCUT2D eigenvalue weighted by Crippen LogP contribution is -2.58. The van der Waals surface area contributed by atoms with Crippen LogP contribution in [0.5, 0.6) is 0 Å². The number of carboxylic acid groups (broad SMARTS) is 1. The van der Waals surface area contributed by atoms with Gasteiger partial charge in [-0.05, 0) is 85.5 Å². The Morgan fingerprint density at radius 2 is 1.67 bits per heavy atom. The number of nitrogens with one attached hydrogen (secondary N) is 1. The van der Waals surface area contributed by atoms with Crippen molar-refractivity contribution in [3.05, 3.63) is 70.0 Å². The highest BCUT2D eigenvalue weighted by Gasteiger charge is 2.53. The highest BCUT2D eigenvalue weighted by molar-refractivity contribution is 5.75. The summed E-state index contributed by atoms with van der Waals surface area (Å²) in [6.07, 6.45) is -11.8. The topological polar surface area (TPSA) is 93.1 Å². The summed E-state index contributed by atoms with van der Waals surface area (Å²) in [6, 6.07) is 3.79. The molecule has 7 nitrogen and oxygen atoms in total. The maximum atomic E-state index is 13.9. The molecule has 2 saturated heterocycles. The number of nitrogens with zero attached hydrogens (tertiary/aromatic N) is 2. The predicted octanol–water partition coefficient (Wildman–Crippen LogP) is 6.65. The molecule has 230 valence electrons. The minimum absolute atomic E-state index is 0.0278. The number of carbonyl (C=O) groups is 2. The number of likely N-dealkylation sites (tertiary alicyclic amines) is 2. The zero-order chi connectivity index (χ0) is 31.2. The minimum Gasteiger partial charge on any atom is -0.465 e. The van der Waals surface area contributed by atoms with Crippen LogP contribution in [0, 0.1) is 12.7 Å². The Bertz CT molecular complexity index is 1320. The van der Waals surface area contributed by atoms with Gasteiger partial charge in [-0.15, -0.1) is 0 Å². The fraction of sp³-hybridized carbons (Fsp3) is 0.500. The van der Waals surface area contributed by atoms with Crippen LogP contribution in [0.3, 0.4) is 0 Å². The van der Waals surface area contributed by atoms with E-state index in [1.165, 1.54) is 30.0 Å². The standard InChI is InChI=1S/C28H30F7N3O4/c1-15-9-20(29)3-4-21(15)22-13-26(6-5-23(39)38(26)25(41)42)7-8-37(22)24(40)36-14-16(2)17-10-18(27(30,31)32)12-19(11-17)28(33,34)35/h3-4,9-12,16,22-23,39H,5-8,13-14H2,1-2H3,(H,36,40)(H,41,42)/t16-,22+,23?,26-/m0/s1. The molecule has 0 aliphatic carbocycles. The van der Waals surface area contributed by atoms with E-state index in [1.807, 2.05) is 0 Å². The Labute approximate surface area is 236 Å². The van der Waals surface area contributed by atoms with Crippen molar-refractivity contribution in [3.63, 3.8) is 0 Å². The second-order valence-electron chi connectivity index (χ2n) is 11.0. The number of hydrogen-bond acceptors (Lipinski definition) is 3. The van der Waals surface area contributed by atoms with E-state index in [-0.39, 0.29) is 44.0 Å². The smallest absolute Gasteiger partial charge is 0.416 e. The van der Waals surface area contributed by atoms with Crippen LogP contribution in [0.25, 0.3) is 0 Å². The molecule has 3 N–H and O–H groups in total. The van der Waals surface area contributed by atoms with Crippen LogP contribution in [-0.2, 0) is 12.4 Å². The van der Waals surface area contributed by atoms with E-state index in [0.29, 0.717) is 29.7 Å². The van der Waals surface area contributed by atoms with Gasteiger partial charge >= 0.3 is 24.5 Å². The van der Waals surface area contributed by atoms with Gasteiger partial charge in [-0.3, -0.25) is 4.90 Å². The van der Waals surface area contributed by atoms with Gasteiger partial charge in [-0.2, -0.15) is 26.3 Å². The van der Waals surface area contributed by atoms with Gasteiger partial charge in [0.1, 0.15) is 12.0 Å². The predicted molar refractivity (Wildman–Crippen MR) is 136 cm³/mol. The lowest BCUT2D eigenvalue weighted by Gasteiger charge is -2.48. The minimum atomic E-state index is -5.01. The number of halogens is 7. The summed E-state index contributed by atoms with van der Waals surface area (Å²) in [5, 5.41) is 22.7. The lowest BCUT2D eigenvalue weighted by molar-refractivity contribution is -0.143. The van der Waals surface area contributed by atoms with Crippen molar-refractivity contribution in [3.8, 4) is 0 Å². The molecule has 1 spiro atoms. The normalized spacial score (nSPS) is 23.8. The average Bonchev–Trinajstić information content (AvgIpc) is 3.20. The van der Waals surface area contributed by atoms with Crippen LogP contribution in [0.1, 0.15) is 72.4 Å². The molecule has 2 heterocycles. The number of aliphatic hydroxyl groups is 1. The number of amides is 3. The van der Waals surface area contributed by atoms with E-state index < -0.39 is 65.1 Å². The number of piperidine rings is 1. The molecule has 2 aliphatic heterocycles. The highest BCUT2D eigenvalue weighted by Crippen LogP contribution is 2.48. The Kier molecular flexibility index (Phi) is 8.42. The molecular formula is C28H30F7N3O4. The second-order valence-corrected chi connectivity index (χ2v) is 11.0. The maximum Gasteiger partial charge on any atom is 0.416 e. The Morgan fingerprint density at radius 3 is 2.21 bits per heavy atom. The van der Waals surface area contributed by atoms with Crippen LogP contribution in [0.4, 0.5) is 40.3 Å². The van der Waals surface area contributed by atoms with Crippen LogP contribution in [0.2, 0.25) is 0 Å². The van der Waals surface area contributed by atoms with Crippen LogP contribution < -0.4 is 5.32 Å². The van der Waals surface area contributed by atoms with E-state index in [9.17, 15) is 50.5 Å². The Morgan fingerprint density at radius 1 is 1.05 bits per heavy atom. The molecule has 2 aromatic rings. The Balaban J connectivity index is 1.59. The van der Waals surface area contributed by atoms with Gasteiger partial charge in [0.15, 0.2) is 0 Å². The van der Waals surface area contributed by atoms with Gasteiger partial charge in [0.25, 0.3) is 0 Å². The molecule has 3 amide bonds. The van der Waals surface area contributed by atoms with Gasteiger partial charge in [-0.1, -0.05) is 13.0 Å². The van der Waals surface area contributed by atoms with Crippen molar-refractivity contribution in [2.24, 2.45) is 0 Å². The SMILES string of the molecule is Cc1cc(F)ccc1[C@H]1C[C@]2(CCC(O)N2C(=O)O)CCN1C(=O)NC[C@H](C)c1cc(C(F)(F)F)cc(C(F)(F)F)c1. The molecule has 4 rings (SSSR count). The number of benzene rings is 2. The van der Waals surface area contributed by atoms with Gasteiger partial charge in [0, 0.05) is 13.1 Å². The van der Waals surface area contributed by atoms with E-state index >= 15 is 0 Å². The van der Waals surface area contributed by atoms with Gasteiger partial charge < -0.3 is 20.4 Å². The largest absolute Gasteiger partial charge is 0.465 e. The van der Waals surface area contributed by atoms with Gasteiger partial charge in [-0.25, -0.2) is 14.0 Å². The number of carbonyl (C=O) groups excluding carboxylic acids is 1. The number of rotatable bonds is 4. The first-order valence-electron chi connectivity index (χ1n) is 13.2. The molecule has 0 aromatic heterocycles. The van der Waals surface area contributed by atoms with Crippen LogP contribution in [0.15, 0.2) is 36.4 Å². The lowest BCUT2D eigenvalue weighted by atomic mass is 9.78. The third kappa shape index (κ3) is 6.27. The third-order valence-electron chi connectivity index (χ3n) is 8.24. The summed E-state index contributed by atoms with van der Waals surface area (Å²) in [5.41, 5.74) is -3.14. The van der Waals surface area contributed by atoms with Crippen LogP contribution in [-0.4, -0.2) is 57.0 Å². The zero-order valence-corrected chi connectivity index (χ0v) is 22.7. The number of hydrogen-bond donors (Lipinski definition) is 3. The number of alkyl halides is 6. The molecule has 42 heavy (non-hydrogen) atoms. The van der Waals surface area contributed by atoms with Crippen molar-refractivity contribution >= 4 is 12.1 Å². The van der Waals surface area contributed by atoms with Crippen molar-refractivity contribution in [1.82, 2.24) is 15.1 Å². The Hall–Kier alpha value is -3.55. The molecule has 2 fully saturated rings. The first-order valence-corrected chi connectivity index (χ1v) is 13.2. The molecule has 1 unspecified atom stereocenters. The molecule has 0 radical (unpaired) electrons. The molecule has 0 saturated carbocycles. The highest BCUT2D eigenvalue weighted by atomic mass is 19.4. The summed E-state index contributed by atoms with van der Waals surface area (Å²) in [6.45, 7) is 2.74. The molecule has 2 aromatic carbocycles. The average molecular weight is 606 g/mol. The number of urea groups is 1. The number of aryl methyl sites for hydroxylation is 1. The molecule has 4 atom stereocenters. The van der Waals surface area contributed by atoms with Crippen molar-refractivity contribution in [1.29, 1.82) is 0 Å². The fourth-order valence-corrected chi connectivity index (χ4v) is 6.05. The summed E-state index contributed by atoms with van der Waals surface area (Å²) < 4.78 is 93.8. The first-order chi connectivity index (χ1) is 19.4. The van der Waals surface area contributed by atoms with Crippen molar-refractivity contribution < 1.29 is 50.5 Å². The molecule has 2 aliphatic rings. The molecular weight excluding hydrogens is 575 g/mol. The monoisotopic (exact) mass is 605 g/mol. The summed E-state index contributed by atoms with van der Waals surface area (Å²) in [5.74, 6) is -1.46. The van der Waals surface area contributed by atoms with Gasteiger partial charge in [0.05, 0.1) is 22.7 Å². The van der Waals surface area contributed by atoms with E-state index in [2.05, 4.69) is 5.32 Å². The fourth-order valence-electron chi connectivity index (χ4n) is 6.05. The third-order valence-corrected chi connectivity index (χ3v) is 8.24. The van der Waals surface area contributed by atoms with Crippen molar-refractivity contribution in [2.45, 2.75) is 75.6 Å². The summed E-state index contributed by atoms with van der Waals surface area (Å²) in [4.78, 5) is 27.8. The quantitative estimate of drug-likeness (QED) is 0.340. The van der Waals surface area contributed by atoms with E-state index in [4.69, 9.17) is 0 Å². The summed E-state index contributed by atoms with van der Waals surface area (Å²) >= 11 is 0. The van der Waals surface area contributed by atoms with E-state index in [0.717, 1.165) is 4.90 Å². The summed E-state index contributed by atoms with van der Waals surface area (Å²) in [7, 11) is 0. The van der Waals surface area contributed by atoms with Crippen molar-refractivity contribution in [2.75, 3.05) is 13.1 Å². The van der Waals surface area contributed by atoms with Gasteiger partial charge in [0.2, 0.25) is 0 Å².